The minimum absolute atomic E-state index is 0.0880. The van der Waals surface area contributed by atoms with Crippen LogP contribution in [-0.2, 0) is 16.0 Å². The highest BCUT2D eigenvalue weighted by molar-refractivity contribution is 7.99. The number of thioether (sulfide) groups is 1. The highest BCUT2D eigenvalue weighted by Gasteiger charge is 2.42. The fourth-order valence-corrected chi connectivity index (χ4v) is 7.29. The first-order chi connectivity index (χ1) is 14.7. The number of amides is 1. The van der Waals surface area contributed by atoms with Crippen molar-refractivity contribution in [3.05, 3.63) is 16.0 Å². The molecule has 4 aliphatic rings. The molecule has 3 aliphatic heterocycles. The van der Waals surface area contributed by atoms with Gasteiger partial charge in [-0.3, -0.25) is 15.1 Å². The summed E-state index contributed by atoms with van der Waals surface area (Å²) < 4.78 is 7.51. The Balaban J connectivity index is 1.35. The Kier molecular flexibility index (Phi) is 4.75. The van der Waals surface area contributed by atoms with Crippen LogP contribution in [0.4, 0.5) is 5.95 Å². The van der Waals surface area contributed by atoms with Gasteiger partial charge in [-0.2, -0.15) is 0 Å². The van der Waals surface area contributed by atoms with Crippen molar-refractivity contribution in [2.75, 3.05) is 43.7 Å². The van der Waals surface area contributed by atoms with E-state index in [-0.39, 0.29) is 12.1 Å². The molecule has 11 heteroatoms. The Morgan fingerprint density at radius 2 is 2.17 bits per heavy atom. The molecule has 160 valence electrons. The predicted octanol–water partition coefficient (Wildman–Crippen LogP) is 1.60. The van der Waals surface area contributed by atoms with E-state index in [2.05, 4.69) is 37.4 Å². The Bertz CT molecular complexity index is 984. The normalized spacial score (nSPS) is 25.0. The van der Waals surface area contributed by atoms with Crippen LogP contribution >= 0.6 is 23.1 Å². The van der Waals surface area contributed by atoms with Crippen LogP contribution < -0.4 is 15.8 Å². The van der Waals surface area contributed by atoms with E-state index < -0.39 is 0 Å². The number of fused-ring (bicyclic) bond motifs is 8. The molecule has 0 saturated carbocycles. The summed E-state index contributed by atoms with van der Waals surface area (Å²) in [5.74, 6) is 1.86. The third kappa shape index (κ3) is 2.90. The van der Waals surface area contributed by atoms with Gasteiger partial charge in [-0.25, -0.2) is 9.99 Å². The lowest BCUT2D eigenvalue weighted by molar-refractivity contribution is -0.132. The first-order valence-corrected chi connectivity index (χ1v) is 12.4. The number of hydrogen-bond donors (Lipinski definition) is 2. The zero-order valence-corrected chi connectivity index (χ0v) is 18.5. The van der Waals surface area contributed by atoms with Crippen LogP contribution in [0.25, 0.3) is 5.00 Å². The van der Waals surface area contributed by atoms with E-state index in [0.29, 0.717) is 44.6 Å². The topological polar surface area (TPSA) is 87.6 Å². The molecule has 9 nitrogen and oxygen atoms in total. The predicted molar refractivity (Wildman–Crippen MR) is 115 cm³/mol. The summed E-state index contributed by atoms with van der Waals surface area (Å²) in [4.78, 5) is 16.0. The molecule has 1 aliphatic carbocycles. The number of hydrazine groups is 1. The molecule has 2 atom stereocenters. The van der Waals surface area contributed by atoms with Crippen molar-refractivity contribution >= 4 is 35.0 Å². The number of ether oxygens (including phenoxy) is 1. The number of aryl methyl sites for hydroxylation is 1. The van der Waals surface area contributed by atoms with Crippen molar-refractivity contribution in [3.63, 3.8) is 0 Å². The molecule has 2 aromatic rings. The number of carbonyl (C=O) groups is 1. The summed E-state index contributed by atoms with van der Waals surface area (Å²) in [6.45, 7) is 5.62. The third-order valence-electron chi connectivity index (χ3n) is 6.37. The largest absolute Gasteiger partial charge is 0.378 e. The molecule has 30 heavy (non-hydrogen) atoms. The number of rotatable bonds is 3. The molecule has 2 N–H and O–H groups in total. The molecule has 0 radical (unpaired) electrons. The number of aromatic nitrogens is 3. The van der Waals surface area contributed by atoms with Crippen LogP contribution in [0.2, 0.25) is 0 Å². The number of thiophene rings is 1. The highest BCUT2D eigenvalue weighted by Crippen LogP contribution is 2.50. The lowest BCUT2D eigenvalue weighted by Gasteiger charge is -2.32. The van der Waals surface area contributed by atoms with Crippen molar-refractivity contribution in [3.8, 4) is 5.00 Å². The summed E-state index contributed by atoms with van der Waals surface area (Å²) in [5.41, 5.74) is 6.27. The standard InChI is InChI=1S/C19H25N7O2S2/c1-11-3-2-4-12-14(11)15-16-20-10-21-26(16)18-22-23-19(25(18)17(15)30-12)29-9-13(27)24-5-7-28-8-6-24/h11,16,20-21H,2-10H2,1H3/t11-,16?/m0/s1. The molecule has 0 spiro atoms. The average molecular weight is 448 g/mol. The van der Waals surface area contributed by atoms with E-state index in [1.807, 2.05) is 16.2 Å². The summed E-state index contributed by atoms with van der Waals surface area (Å²) >= 11 is 3.35. The van der Waals surface area contributed by atoms with Gasteiger partial charge in [0.05, 0.1) is 25.6 Å². The number of hydrogen-bond acceptors (Lipinski definition) is 9. The van der Waals surface area contributed by atoms with Crippen molar-refractivity contribution < 1.29 is 9.53 Å². The fraction of sp³-hybridized carbons (Fsp3) is 0.632. The minimum atomic E-state index is 0.0880. The molecular weight excluding hydrogens is 422 g/mol. The van der Waals surface area contributed by atoms with Crippen molar-refractivity contribution in [2.24, 2.45) is 0 Å². The van der Waals surface area contributed by atoms with Crippen molar-refractivity contribution in [2.45, 2.75) is 43.4 Å². The highest BCUT2D eigenvalue weighted by atomic mass is 32.2. The number of nitrogens with one attached hydrogen (secondary N) is 2. The quantitative estimate of drug-likeness (QED) is 0.687. The van der Waals surface area contributed by atoms with Crippen LogP contribution in [0.3, 0.4) is 0 Å². The van der Waals surface area contributed by atoms with Crippen molar-refractivity contribution in [1.82, 2.24) is 30.4 Å². The Morgan fingerprint density at radius 3 is 3.03 bits per heavy atom. The molecule has 6 rings (SSSR count). The molecule has 0 aromatic carbocycles. The van der Waals surface area contributed by atoms with E-state index in [1.165, 1.54) is 45.6 Å². The van der Waals surface area contributed by atoms with Gasteiger partial charge in [0, 0.05) is 23.5 Å². The van der Waals surface area contributed by atoms with Gasteiger partial charge in [0.1, 0.15) is 11.2 Å². The van der Waals surface area contributed by atoms with Crippen LogP contribution in [0, 0.1) is 0 Å². The first-order valence-electron chi connectivity index (χ1n) is 10.6. The van der Waals surface area contributed by atoms with Gasteiger partial charge in [0.2, 0.25) is 11.9 Å². The van der Waals surface area contributed by atoms with Crippen LogP contribution in [0.1, 0.15) is 47.9 Å². The molecule has 2 saturated heterocycles. The maximum Gasteiger partial charge on any atom is 0.249 e. The first kappa shape index (κ1) is 19.1. The van der Waals surface area contributed by atoms with E-state index in [9.17, 15) is 4.79 Å². The maximum atomic E-state index is 12.7. The second kappa shape index (κ2) is 7.49. The van der Waals surface area contributed by atoms with Gasteiger partial charge >= 0.3 is 0 Å². The molecule has 5 heterocycles. The summed E-state index contributed by atoms with van der Waals surface area (Å²) in [5, 5.41) is 16.6. The summed E-state index contributed by atoms with van der Waals surface area (Å²) in [6, 6.07) is 0. The monoisotopic (exact) mass is 447 g/mol. The Labute approximate surface area is 183 Å². The summed E-state index contributed by atoms with van der Waals surface area (Å²) in [7, 11) is 0. The Hall–Kier alpha value is -1.66. The van der Waals surface area contributed by atoms with Gasteiger partial charge in [-0.1, -0.05) is 18.7 Å². The molecule has 2 fully saturated rings. The number of nitrogens with zero attached hydrogens (tertiary/aromatic N) is 5. The van der Waals surface area contributed by atoms with Gasteiger partial charge in [-0.05, 0) is 30.7 Å². The van der Waals surface area contributed by atoms with Crippen LogP contribution in [0.15, 0.2) is 5.16 Å². The van der Waals surface area contributed by atoms with Gasteiger partial charge in [0.15, 0.2) is 5.16 Å². The number of carbonyl (C=O) groups excluding carboxylic acids is 1. The second-order valence-corrected chi connectivity index (χ2v) is 10.2. The lowest BCUT2D eigenvalue weighted by Crippen LogP contribution is -2.41. The van der Waals surface area contributed by atoms with E-state index in [1.54, 1.807) is 0 Å². The number of anilines is 1. The lowest BCUT2D eigenvalue weighted by atomic mass is 9.85. The smallest absolute Gasteiger partial charge is 0.249 e. The third-order valence-corrected chi connectivity index (χ3v) is 8.55. The molecule has 1 unspecified atom stereocenters. The maximum absolute atomic E-state index is 12.7. The minimum Gasteiger partial charge on any atom is -0.378 e. The van der Waals surface area contributed by atoms with E-state index in [4.69, 9.17) is 4.74 Å². The summed E-state index contributed by atoms with van der Waals surface area (Å²) in [6.07, 6.45) is 3.72. The van der Waals surface area contributed by atoms with Crippen LogP contribution in [0.5, 0.6) is 0 Å². The van der Waals surface area contributed by atoms with E-state index in [0.717, 1.165) is 17.5 Å². The molecule has 0 bridgehead atoms. The number of morpholine rings is 1. The van der Waals surface area contributed by atoms with Gasteiger partial charge < -0.3 is 9.64 Å². The van der Waals surface area contributed by atoms with Gasteiger partial charge in [0.25, 0.3) is 0 Å². The molecular formula is C19H25N7O2S2. The molecule has 1 amide bonds. The molecule has 2 aromatic heterocycles. The average Bonchev–Trinajstić information content (AvgIpc) is 3.48. The zero-order chi connectivity index (χ0) is 20.2. The van der Waals surface area contributed by atoms with Crippen LogP contribution in [-0.4, -0.2) is 64.3 Å². The van der Waals surface area contributed by atoms with Gasteiger partial charge in [-0.15, -0.1) is 21.5 Å². The SMILES string of the molecule is C[C@H]1CCCc2sc3c(c21)C1NCNN1c1nnc(SCC(=O)N2CCOCC2)n1-3. The fourth-order valence-electron chi connectivity index (χ4n) is 4.91. The van der Waals surface area contributed by atoms with Crippen molar-refractivity contribution in [1.29, 1.82) is 0 Å². The zero-order valence-electron chi connectivity index (χ0n) is 16.9. The second-order valence-electron chi connectivity index (χ2n) is 8.16. The van der Waals surface area contributed by atoms with E-state index >= 15 is 0 Å². The Morgan fingerprint density at radius 1 is 1.30 bits per heavy atom.